The van der Waals surface area contributed by atoms with Gasteiger partial charge in [-0.3, -0.25) is 24.5 Å². The molecule has 0 atom stereocenters. The highest BCUT2D eigenvalue weighted by Gasteiger charge is 2.33. The Kier molecular flexibility index (Phi) is 7.00. The molecule has 0 saturated carbocycles. The fraction of sp³-hybridized carbons (Fsp3) is 0.107. The van der Waals surface area contributed by atoms with Crippen molar-refractivity contribution in [2.24, 2.45) is 0 Å². The molecule has 13 nitrogen and oxygen atoms in total. The molecule has 0 saturated heterocycles. The standard InChI is InChI=1S/C28H23N5O8/c1-40-17-9-5-7-15(13-17)32-25(36)21(23(34)30-27(32)38)20(19-11-3-4-12-29-19)22-24(35)31-28(39)33(26(22)37)16-8-6-10-18(14-16)41-2/h3-14,20,36-37H,1-2H3,(H,30,34,38)(H,31,35,39). The predicted molar refractivity (Wildman–Crippen MR) is 147 cm³/mol. The van der Waals surface area contributed by atoms with Crippen LogP contribution in [-0.4, -0.2) is 48.5 Å². The first kappa shape index (κ1) is 26.7. The van der Waals surface area contributed by atoms with Crippen LogP contribution in [0.3, 0.4) is 0 Å². The Morgan fingerprint density at radius 1 is 0.707 bits per heavy atom. The summed E-state index contributed by atoms with van der Waals surface area (Å²) in [5.74, 6) is -2.45. The molecule has 0 aliphatic rings. The predicted octanol–water partition coefficient (Wildman–Crippen LogP) is 1.37. The Morgan fingerprint density at radius 2 is 1.20 bits per heavy atom. The number of aromatic amines is 2. The van der Waals surface area contributed by atoms with Crippen molar-refractivity contribution >= 4 is 0 Å². The lowest BCUT2D eigenvalue weighted by atomic mass is 9.90. The summed E-state index contributed by atoms with van der Waals surface area (Å²) < 4.78 is 12.1. The van der Waals surface area contributed by atoms with Crippen LogP contribution >= 0.6 is 0 Å². The van der Waals surface area contributed by atoms with E-state index in [2.05, 4.69) is 15.0 Å². The number of nitrogens with one attached hydrogen (secondary N) is 2. The molecule has 0 bridgehead atoms. The Hall–Kier alpha value is -5.85. The first-order valence-corrected chi connectivity index (χ1v) is 12.1. The maximum Gasteiger partial charge on any atom is 0.335 e. The van der Waals surface area contributed by atoms with Crippen LogP contribution < -0.4 is 32.0 Å². The van der Waals surface area contributed by atoms with Crippen molar-refractivity contribution in [3.05, 3.63) is 131 Å². The van der Waals surface area contributed by atoms with E-state index in [1.54, 1.807) is 36.4 Å². The number of benzene rings is 2. The zero-order valence-electron chi connectivity index (χ0n) is 21.7. The monoisotopic (exact) mass is 557 g/mol. The summed E-state index contributed by atoms with van der Waals surface area (Å²) in [5.41, 5.74) is -4.65. The van der Waals surface area contributed by atoms with Gasteiger partial charge < -0.3 is 19.7 Å². The number of hydrogen-bond acceptors (Lipinski definition) is 9. The van der Waals surface area contributed by atoms with E-state index < -0.39 is 51.3 Å². The van der Waals surface area contributed by atoms with Crippen molar-refractivity contribution in [2.75, 3.05) is 14.2 Å². The van der Waals surface area contributed by atoms with Gasteiger partial charge in [0, 0.05) is 18.3 Å². The van der Waals surface area contributed by atoms with E-state index in [1.807, 2.05) is 0 Å². The molecule has 41 heavy (non-hydrogen) atoms. The maximum absolute atomic E-state index is 13.3. The molecule has 0 aliphatic heterocycles. The number of methoxy groups -OCH3 is 2. The van der Waals surface area contributed by atoms with Crippen molar-refractivity contribution in [1.29, 1.82) is 0 Å². The summed E-state index contributed by atoms with van der Waals surface area (Å²) in [6.07, 6.45) is 1.38. The number of ether oxygens (including phenoxy) is 2. The van der Waals surface area contributed by atoms with Gasteiger partial charge in [0.15, 0.2) is 0 Å². The van der Waals surface area contributed by atoms with Gasteiger partial charge in [-0.2, -0.15) is 0 Å². The minimum atomic E-state index is -1.54. The normalized spacial score (nSPS) is 11.0. The zero-order valence-corrected chi connectivity index (χ0v) is 21.7. The van der Waals surface area contributed by atoms with Gasteiger partial charge in [-0.15, -0.1) is 0 Å². The number of aromatic hydroxyl groups is 2. The van der Waals surface area contributed by atoms with E-state index in [9.17, 15) is 29.4 Å². The molecule has 0 amide bonds. The molecule has 0 fully saturated rings. The first-order valence-electron chi connectivity index (χ1n) is 12.1. The third kappa shape index (κ3) is 4.76. The summed E-state index contributed by atoms with van der Waals surface area (Å²) in [6.45, 7) is 0. The summed E-state index contributed by atoms with van der Waals surface area (Å²) in [4.78, 5) is 61.0. The van der Waals surface area contributed by atoms with Crippen molar-refractivity contribution in [3.8, 4) is 34.6 Å². The second-order valence-electron chi connectivity index (χ2n) is 8.75. The Bertz CT molecular complexity index is 1870. The molecule has 3 aromatic heterocycles. The van der Waals surface area contributed by atoms with E-state index in [-0.39, 0.29) is 17.1 Å². The molecule has 0 spiro atoms. The SMILES string of the molecule is COc1cccc(-n2c(O)c(C(c3ccccn3)c3c(O)n(-c4cccc(OC)c4)c(=O)[nH]c3=O)c(=O)[nH]c2=O)c1. The minimum Gasteiger partial charge on any atom is -0.497 e. The molecule has 5 rings (SSSR count). The van der Waals surface area contributed by atoms with Crippen LogP contribution in [0.4, 0.5) is 0 Å². The van der Waals surface area contributed by atoms with Crippen molar-refractivity contribution < 1.29 is 19.7 Å². The third-order valence-electron chi connectivity index (χ3n) is 6.43. The average Bonchev–Trinajstić information content (AvgIpc) is 2.96. The van der Waals surface area contributed by atoms with Crippen molar-refractivity contribution in [3.63, 3.8) is 0 Å². The van der Waals surface area contributed by atoms with Gasteiger partial charge in [-0.1, -0.05) is 18.2 Å². The molecule has 5 aromatic rings. The van der Waals surface area contributed by atoms with E-state index in [1.165, 1.54) is 50.7 Å². The van der Waals surface area contributed by atoms with Gasteiger partial charge in [0.05, 0.1) is 48.3 Å². The Morgan fingerprint density at radius 3 is 1.61 bits per heavy atom. The average molecular weight is 558 g/mol. The minimum absolute atomic E-state index is 0.0563. The molecule has 0 radical (unpaired) electrons. The lowest BCUT2D eigenvalue weighted by molar-refractivity contribution is 0.407. The topological polar surface area (TPSA) is 182 Å². The van der Waals surface area contributed by atoms with Gasteiger partial charge in [0.2, 0.25) is 11.8 Å². The largest absolute Gasteiger partial charge is 0.497 e. The van der Waals surface area contributed by atoms with Crippen LogP contribution in [0.5, 0.6) is 23.3 Å². The fourth-order valence-corrected chi connectivity index (χ4v) is 4.56. The fourth-order valence-electron chi connectivity index (χ4n) is 4.56. The van der Waals surface area contributed by atoms with Gasteiger partial charge in [-0.05, 0) is 36.4 Å². The molecule has 3 heterocycles. The van der Waals surface area contributed by atoms with E-state index in [0.717, 1.165) is 9.13 Å². The molecular formula is C28H23N5O8. The second kappa shape index (κ2) is 10.7. The summed E-state index contributed by atoms with van der Waals surface area (Å²) in [5, 5.41) is 22.9. The van der Waals surface area contributed by atoms with Crippen LogP contribution in [0, 0.1) is 0 Å². The zero-order chi connectivity index (χ0) is 29.3. The highest BCUT2D eigenvalue weighted by molar-refractivity contribution is 5.51. The Balaban J connectivity index is 1.86. The van der Waals surface area contributed by atoms with Crippen molar-refractivity contribution in [1.82, 2.24) is 24.1 Å². The van der Waals surface area contributed by atoms with Crippen LogP contribution in [0.2, 0.25) is 0 Å². The summed E-state index contributed by atoms with van der Waals surface area (Å²) in [7, 11) is 2.84. The molecule has 0 aliphatic carbocycles. The first-order chi connectivity index (χ1) is 19.7. The van der Waals surface area contributed by atoms with Crippen LogP contribution in [0.1, 0.15) is 22.7 Å². The second-order valence-corrected chi connectivity index (χ2v) is 8.75. The number of nitrogens with zero attached hydrogens (tertiary/aromatic N) is 3. The Labute approximate surface area is 230 Å². The molecular weight excluding hydrogens is 534 g/mol. The summed E-state index contributed by atoms with van der Waals surface area (Å²) >= 11 is 0. The van der Waals surface area contributed by atoms with Crippen molar-refractivity contribution in [2.45, 2.75) is 5.92 Å². The summed E-state index contributed by atoms with van der Waals surface area (Å²) in [6, 6.07) is 16.9. The van der Waals surface area contributed by atoms with E-state index in [4.69, 9.17) is 9.47 Å². The highest BCUT2D eigenvalue weighted by Crippen LogP contribution is 2.36. The number of hydrogen-bond donors (Lipinski definition) is 4. The molecule has 13 heteroatoms. The lowest BCUT2D eigenvalue weighted by Crippen LogP contribution is -2.36. The molecule has 2 aromatic carbocycles. The molecule has 4 N–H and O–H groups in total. The molecule has 208 valence electrons. The highest BCUT2D eigenvalue weighted by atomic mass is 16.5. The van der Waals surface area contributed by atoms with Gasteiger partial charge in [0.1, 0.15) is 11.5 Å². The number of H-pyrrole nitrogens is 2. The molecule has 0 unspecified atom stereocenters. The van der Waals surface area contributed by atoms with Gasteiger partial charge >= 0.3 is 11.4 Å². The van der Waals surface area contributed by atoms with Gasteiger partial charge in [-0.25, -0.2) is 18.7 Å². The van der Waals surface area contributed by atoms with E-state index >= 15 is 0 Å². The van der Waals surface area contributed by atoms with E-state index in [0.29, 0.717) is 11.5 Å². The van der Waals surface area contributed by atoms with Crippen LogP contribution in [0.25, 0.3) is 11.4 Å². The van der Waals surface area contributed by atoms with Crippen LogP contribution in [-0.2, 0) is 0 Å². The number of rotatable bonds is 7. The third-order valence-corrected chi connectivity index (χ3v) is 6.43. The lowest BCUT2D eigenvalue weighted by Gasteiger charge is -2.21. The number of aromatic nitrogens is 5. The smallest absolute Gasteiger partial charge is 0.335 e. The number of pyridine rings is 1. The maximum atomic E-state index is 13.3. The quantitative estimate of drug-likeness (QED) is 0.230. The van der Waals surface area contributed by atoms with Crippen LogP contribution in [0.15, 0.2) is 92.1 Å². The van der Waals surface area contributed by atoms with Gasteiger partial charge in [0.25, 0.3) is 11.1 Å².